The van der Waals surface area contributed by atoms with Crippen LogP contribution in [0.1, 0.15) is 17.4 Å². The van der Waals surface area contributed by atoms with E-state index in [9.17, 15) is 13.2 Å². The molecule has 0 radical (unpaired) electrons. The van der Waals surface area contributed by atoms with Gasteiger partial charge in [0.25, 0.3) is 5.89 Å². The van der Waals surface area contributed by atoms with E-state index in [0.717, 1.165) is 25.2 Å². The van der Waals surface area contributed by atoms with Crippen molar-refractivity contribution >= 4 is 12.4 Å². The fourth-order valence-corrected chi connectivity index (χ4v) is 2.41. The molecule has 1 unspecified atom stereocenters. The molecule has 2 heterocycles. The summed E-state index contributed by atoms with van der Waals surface area (Å²) in [6.45, 7) is 2.40. The van der Waals surface area contributed by atoms with E-state index in [1.54, 1.807) is 0 Å². The first-order valence-corrected chi connectivity index (χ1v) is 6.87. The first-order chi connectivity index (χ1) is 10.4. The zero-order valence-corrected chi connectivity index (χ0v) is 13.1. The second kappa shape index (κ2) is 6.86. The Morgan fingerprint density at radius 3 is 2.83 bits per heavy atom. The fourth-order valence-electron chi connectivity index (χ4n) is 2.41. The van der Waals surface area contributed by atoms with Gasteiger partial charge in [0.15, 0.2) is 5.82 Å². The maximum Gasteiger partial charge on any atom is 0.416 e. The van der Waals surface area contributed by atoms with Gasteiger partial charge in [0.2, 0.25) is 0 Å². The van der Waals surface area contributed by atoms with Crippen molar-refractivity contribution in [1.82, 2.24) is 20.4 Å². The van der Waals surface area contributed by atoms with E-state index in [1.807, 2.05) is 7.05 Å². The number of alkyl halides is 3. The molecule has 1 fully saturated rings. The summed E-state index contributed by atoms with van der Waals surface area (Å²) in [6.07, 6.45) is -4.40. The third-order valence-electron chi connectivity index (χ3n) is 3.69. The highest BCUT2D eigenvalue weighted by atomic mass is 35.5. The van der Waals surface area contributed by atoms with E-state index in [0.29, 0.717) is 12.4 Å². The van der Waals surface area contributed by atoms with Crippen LogP contribution in [0.2, 0.25) is 0 Å². The van der Waals surface area contributed by atoms with Gasteiger partial charge in [0, 0.05) is 25.2 Å². The van der Waals surface area contributed by atoms with Gasteiger partial charge in [-0.2, -0.15) is 18.2 Å². The van der Waals surface area contributed by atoms with Crippen LogP contribution in [0.4, 0.5) is 13.2 Å². The van der Waals surface area contributed by atoms with Gasteiger partial charge in [-0.05, 0) is 25.2 Å². The molecule has 5 nitrogen and oxygen atoms in total. The van der Waals surface area contributed by atoms with Crippen molar-refractivity contribution in [3.05, 3.63) is 35.7 Å². The Morgan fingerprint density at radius 1 is 1.35 bits per heavy atom. The quantitative estimate of drug-likeness (QED) is 0.904. The molecule has 1 aliphatic rings. The molecule has 1 aromatic heterocycles. The standard InChI is InChI=1S/C14H15F3N4O.ClH/c1-21-6-5-18-8-11(21)12-19-13(22-20-12)9-3-2-4-10(7-9)14(15,16)17;/h2-4,7,11,18H,5-6,8H2,1H3;1H. The fraction of sp³-hybridized carbons (Fsp3) is 0.429. The van der Waals surface area contributed by atoms with Crippen LogP contribution in [0.5, 0.6) is 0 Å². The Hall–Kier alpha value is -1.64. The number of nitrogens with zero attached hydrogens (tertiary/aromatic N) is 3. The van der Waals surface area contributed by atoms with Crippen molar-refractivity contribution in [2.75, 3.05) is 26.7 Å². The summed E-state index contributed by atoms with van der Waals surface area (Å²) in [5.74, 6) is 0.571. The van der Waals surface area contributed by atoms with Crippen LogP contribution in [0, 0.1) is 0 Å². The van der Waals surface area contributed by atoms with Crippen molar-refractivity contribution in [3.8, 4) is 11.5 Å². The molecule has 3 rings (SSSR count). The van der Waals surface area contributed by atoms with Crippen LogP contribution >= 0.6 is 12.4 Å². The molecule has 0 bridgehead atoms. The minimum absolute atomic E-state index is 0. The van der Waals surface area contributed by atoms with E-state index < -0.39 is 11.7 Å². The van der Waals surface area contributed by atoms with E-state index >= 15 is 0 Å². The Balaban J connectivity index is 0.00000192. The largest absolute Gasteiger partial charge is 0.416 e. The van der Waals surface area contributed by atoms with Crippen LogP contribution in [0.25, 0.3) is 11.5 Å². The number of halogens is 4. The zero-order valence-electron chi connectivity index (χ0n) is 12.3. The lowest BCUT2D eigenvalue weighted by Gasteiger charge is -2.30. The SMILES string of the molecule is CN1CCNCC1c1noc(-c2cccc(C(F)(F)F)c2)n1.Cl. The van der Waals surface area contributed by atoms with Gasteiger partial charge in [-0.3, -0.25) is 4.90 Å². The molecule has 1 aromatic carbocycles. The number of hydrogen-bond donors (Lipinski definition) is 1. The van der Waals surface area contributed by atoms with Crippen LogP contribution in [-0.4, -0.2) is 41.7 Å². The summed E-state index contributed by atoms with van der Waals surface area (Å²) < 4.78 is 43.4. The van der Waals surface area contributed by atoms with Gasteiger partial charge in [-0.1, -0.05) is 11.2 Å². The molecule has 0 saturated carbocycles. The first-order valence-electron chi connectivity index (χ1n) is 6.87. The van der Waals surface area contributed by atoms with Crippen molar-refractivity contribution in [3.63, 3.8) is 0 Å². The van der Waals surface area contributed by atoms with Crippen molar-refractivity contribution in [2.24, 2.45) is 0 Å². The van der Waals surface area contributed by atoms with Gasteiger partial charge >= 0.3 is 6.18 Å². The van der Waals surface area contributed by atoms with Crippen LogP contribution in [0.15, 0.2) is 28.8 Å². The van der Waals surface area contributed by atoms with Crippen molar-refractivity contribution in [2.45, 2.75) is 12.2 Å². The van der Waals surface area contributed by atoms with Gasteiger partial charge in [0.1, 0.15) is 0 Å². The lowest BCUT2D eigenvalue weighted by atomic mass is 10.1. The third-order valence-corrected chi connectivity index (χ3v) is 3.69. The van der Waals surface area contributed by atoms with Gasteiger partial charge in [-0.15, -0.1) is 12.4 Å². The highest BCUT2D eigenvalue weighted by Crippen LogP contribution is 2.32. The second-order valence-corrected chi connectivity index (χ2v) is 5.24. The molecular formula is C14H16ClF3N4O. The Kier molecular flexibility index (Phi) is 5.28. The minimum atomic E-state index is -4.40. The number of piperazine rings is 1. The van der Waals surface area contributed by atoms with E-state index in [2.05, 4.69) is 20.4 Å². The number of hydrogen-bond acceptors (Lipinski definition) is 5. The maximum absolute atomic E-state index is 12.7. The third kappa shape index (κ3) is 3.82. The van der Waals surface area contributed by atoms with Crippen molar-refractivity contribution < 1.29 is 17.7 Å². The summed E-state index contributed by atoms with van der Waals surface area (Å²) in [4.78, 5) is 6.33. The normalized spacial score (nSPS) is 19.4. The topological polar surface area (TPSA) is 54.2 Å². The number of benzene rings is 1. The molecule has 23 heavy (non-hydrogen) atoms. The van der Waals surface area contributed by atoms with Gasteiger partial charge < -0.3 is 9.84 Å². The highest BCUT2D eigenvalue weighted by Gasteiger charge is 2.31. The molecule has 0 spiro atoms. The summed E-state index contributed by atoms with van der Waals surface area (Å²) in [5.41, 5.74) is -0.471. The lowest BCUT2D eigenvalue weighted by molar-refractivity contribution is -0.137. The Labute approximate surface area is 137 Å². The molecule has 0 amide bonds. The number of rotatable bonds is 2. The molecule has 126 valence electrons. The summed E-state index contributed by atoms with van der Waals surface area (Å²) in [7, 11) is 1.95. The molecule has 9 heteroatoms. The van der Waals surface area contributed by atoms with E-state index in [1.165, 1.54) is 12.1 Å². The lowest BCUT2D eigenvalue weighted by Crippen LogP contribution is -2.44. The second-order valence-electron chi connectivity index (χ2n) is 5.24. The zero-order chi connectivity index (χ0) is 15.7. The van der Waals surface area contributed by atoms with Crippen LogP contribution in [-0.2, 0) is 6.18 Å². The molecule has 1 saturated heterocycles. The predicted molar refractivity (Wildman–Crippen MR) is 80.2 cm³/mol. The first kappa shape index (κ1) is 17.7. The van der Waals surface area contributed by atoms with Crippen molar-refractivity contribution in [1.29, 1.82) is 0 Å². The summed E-state index contributed by atoms with van der Waals surface area (Å²) >= 11 is 0. The smallest absolute Gasteiger partial charge is 0.334 e. The van der Waals surface area contributed by atoms with Gasteiger partial charge in [-0.25, -0.2) is 0 Å². The highest BCUT2D eigenvalue weighted by molar-refractivity contribution is 5.85. The molecular weight excluding hydrogens is 333 g/mol. The molecule has 1 atom stereocenters. The Morgan fingerprint density at radius 2 is 2.13 bits per heavy atom. The van der Waals surface area contributed by atoms with E-state index in [-0.39, 0.29) is 29.9 Å². The number of nitrogens with one attached hydrogen (secondary N) is 1. The average molecular weight is 349 g/mol. The minimum Gasteiger partial charge on any atom is -0.334 e. The number of aromatic nitrogens is 2. The molecule has 1 aliphatic heterocycles. The summed E-state index contributed by atoms with van der Waals surface area (Å²) in [6, 6.07) is 4.84. The number of likely N-dealkylation sites (N-methyl/N-ethyl adjacent to an activating group) is 1. The van der Waals surface area contributed by atoms with Crippen LogP contribution in [0.3, 0.4) is 0 Å². The maximum atomic E-state index is 12.7. The van der Waals surface area contributed by atoms with Gasteiger partial charge in [0.05, 0.1) is 11.6 Å². The molecule has 2 aromatic rings. The average Bonchev–Trinajstić information content (AvgIpc) is 2.97. The van der Waals surface area contributed by atoms with E-state index in [4.69, 9.17) is 4.52 Å². The predicted octanol–water partition coefficient (Wildman–Crippen LogP) is 2.75. The van der Waals surface area contributed by atoms with Crippen LogP contribution < -0.4 is 5.32 Å². The molecule has 1 N–H and O–H groups in total. The monoisotopic (exact) mass is 348 g/mol. The Bertz CT molecular complexity index is 661. The summed E-state index contributed by atoms with van der Waals surface area (Å²) in [5, 5.41) is 7.14. The molecule has 0 aliphatic carbocycles.